The molecule has 0 radical (unpaired) electrons. The smallest absolute Gasteiger partial charge is 0.141 e. The molecule has 142 valence electrons. The Morgan fingerprint density at radius 3 is 2.11 bits per heavy atom. The zero-order valence-corrected chi connectivity index (χ0v) is 17.7. The lowest BCUT2D eigenvalue weighted by Crippen LogP contribution is -2.10. The van der Waals surface area contributed by atoms with Gasteiger partial charge in [0, 0.05) is 21.2 Å². The molecule has 0 unspecified atom stereocenters. The van der Waals surface area contributed by atoms with Crippen LogP contribution in [0.4, 0.5) is 0 Å². The quantitative estimate of drug-likeness (QED) is 0.346. The highest BCUT2D eigenvalue weighted by molar-refractivity contribution is 6.36. The fraction of sp³-hybridized carbons (Fsp3) is 0.208. The van der Waals surface area contributed by atoms with E-state index in [1.54, 1.807) is 0 Å². The molecule has 0 bridgehead atoms. The molecule has 4 heteroatoms. The largest absolute Gasteiger partial charge is 0.319 e. The molecule has 4 aromatic rings. The van der Waals surface area contributed by atoms with Gasteiger partial charge in [-0.2, -0.15) is 0 Å². The van der Waals surface area contributed by atoms with Gasteiger partial charge in [-0.15, -0.1) is 0 Å². The lowest BCUT2D eigenvalue weighted by molar-refractivity contribution is 0.590. The molecule has 0 fully saturated rings. The number of halogens is 2. The Kier molecular flexibility index (Phi) is 4.95. The molecule has 0 N–H and O–H groups in total. The normalized spacial score (nSPS) is 11.9. The summed E-state index contributed by atoms with van der Waals surface area (Å²) in [7, 11) is 0. The van der Waals surface area contributed by atoms with E-state index in [0.717, 1.165) is 28.0 Å². The summed E-state index contributed by atoms with van der Waals surface area (Å²) in [6.07, 6.45) is 0. The Morgan fingerprint density at radius 1 is 0.821 bits per heavy atom. The number of para-hydroxylation sites is 2. The molecule has 0 spiro atoms. The Balaban J connectivity index is 1.86. The van der Waals surface area contributed by atoms with Gasteiger partial charge >= 0.3 is 0 Å². The number of benzene rings is 3. The van der Waals surface area contributed by atoms with Crippen LogP contribution in [-0.2, 0) is 12.0 Å². The van der Waals surface area contributed by atoms with Crippen LogP contribution < -0.4 is 0 Å². The fourth-order valence-electron chi connectivity index (χ4n) is 3.42. The molecule has 0 saturated heterocycles. The molecule has 1 aromatic heterocycles. The van der Waals surface area contributed by atoms with Crippen molar-refractivity contribution in [3.63, 3.8) is 0 Å². The van der Waals surface area contributed by atoms with Gasteiger partial charge in [0.05, 0.1) is 17.6 Å². The maximum atomic E-state index is 6.45. The van der Waals surface area contributed by atoms with E-state index in [0.29, 0.717) is 16.6 Å². The molecule has 0 aliphatic rings. The molecule has 0 atom stereocenters. The van der Waals surface area contributed by atoms with Crippen LogP contribution in [0.25, 0.3) is 22.4 Å². The molecule has 0 saturated carbocycles. The van der Waals surface area contributed by atoms with Gasteiger partial charge in [-0.05, 0) is 35.2 Å². The predicted molar refractivity (Wildman–Crippen MR) is 119 cm³/mol. The molecule has 1 heterocycles. The molecular weight excluding hydrogens is 387 g/mol. The summed E-state index contributed by atoms with van der Waals surface area (Å²) in [5, 5.41) is 1.33. The van der Waals surface area contributed by atoms with Gasteiger partial charge in [0.25, 0.3) is 0 Å². The van der Waals surface area contributed by atoms with Crippen LogP contribution in [0.3, 0.4) is 0 Å². The van der Waals surface area contributed by atoms with E-state index in [1.165, 1.54) is 5.56 Å². The van der Waals surface area contributed by atoms with Crippen LogP contribution in [0, 0.1) is 0 Å². The number of hydrogen-bond donors (Lipinski definition) is 0. The predicted octanol–water partition coefficient (Wildman–Crippen LogP) is 7.36. The van der Waals surface area contributed by atoms with E-state index >= 15 is 0 Å². The first-order valence-corrected chi connectivity index (χ1v) is 10.1. The Bertz CT molecular complexity index is 1120. The fourth-order valence-corrected chi connectivity index (χ4v) is 3.93. The van der Waals surface area contributed by atoms with Crippen molar-refractivity contribution in [2.24, 2.45) is 0 Å². The van der Waals surface area contributed by atoms with Crippen molar-refractivity contribution in [1.82, 2.24) is 9.55 Å². The van der Waals surface area contributed by atoms with Crippen LogP contribution in [0.2, 0.25) is 10.0 Å². The van der Waals surface area contributed by atoms with Crippen molar-refractivity contribution < 1.29 is 0 Å². The first-order valence-electron chi connectivity index (χ1n) is 9.33. The topological polar surface area (TPSA) is 17.8 Å². The first kappa shape index (κ1) is 19.0. The summed E-state index contributed by atoms with van der Waals surface area (Å²) in [6.45, 7) is 7.22. The van der Waals surface area contributed by atoms with E-state index < -0.39 is 0 Å². The van der Waals surface area contributed by atoms with E-state index in [1.807, 2.05) is 36.4 Å². The Hall–Kier alpha value is -2.29. The first-order chi connectivity index (χ1) is 13.3. The maximum Gasteiger partial charge on any atom is 0.141 e. The van der Waals surface area contributed by atoms with Crippen LogP contribution in [-0.4, -0.2) is 9.55 Å². The van der Waals surface area contributed by atoms with Crippen molar-refractivity contribution in [3.05, 3.63) is 87.9 Å². The average Bonchev–Trinajstić information content (AvgIpc) is 3.03. The van der Waals surface area contributed by atoms with Gasteiger partial charge in [0.1, 0.15) is 5.82 Å². The molecule has 4 rings (SSSR count). The number of hydrogen-bond acceptors (Lipinski definition) is 1. The van der Waals surface area contributed by atoms with E-state index in [-0.39, 0.29) is 5.41 Å². The summed E-state index contributed by atoms with van der Waals surface area (Å²) in [5.74, 6) is 0.914. The number of aromatic nitrogens is 2. The molecule has 0 amide bonds. The van der Waals surface area contributed by atoms with Crippen molar-refractivity contribution >= 4 is 34.2 Å². The van der Waals surface area contributed by atoms with Crippen molar-refractivity contribution in [1.29, 1.82) is 0 Å². The van der Waals surface area contributed by atoms with Crippen LogP contribution >= 0.6 is 23.2 Å². The minimum atomic E-state index is 0.115. The summed E-state index contributed by atoms with van der Waals surface area (Å²) in [4.78, 5) is 4.91. The number of fused-ring (bicyclic) bond motifs is 1. The van der Waals surface area contributed by atoms with E-state index in [4.69, 9.17) is 28.2 Å². The minimum absolute atomic E-state index is 0.115. The zero-order valence-electron chi connectivity index (χ0n) is 16.2. The molecule has 3 aromatic carbocycles. The SMILES string of the molecule is CC(C)(C)c1ccc(-c2nc3ccccc3n2Cc2c(Cl)cccc2Cl)cc1. The van der Waals surface area contributed by atoms with Crippen LogP contribution in [0.1, 0.15) is 31.9 Å². The summed E-state index contributed by atoms with van der Waals surface area (Å²) in [6, 6.07) is 22.4. The second-order valence-electron chi connectivity index (χ2n) is 8.04. The maximum absolute atomic E-state index is 6.45. The minimum Gasteiger partial charge on any atom is -0.319 e. The third-order valence-electron chi connectivity index (χ3n) is 5.04. The second kappa shape index (κ2) is 7.27. The highest BCUT2D eigenvalue weighted by atomic mass is 35.5. The lowest BCUT2D eigenvalue weighted by Gasteiger charge is -2.19. The lowest BCUT2D eigenvalue weighted by atomic mass is 9.87. The summed E-state index contributed by atoms with van der Waals surface area (Å²) >= 11 is 12.9. The van der Waals surface area contributed by atoms with E-state index in [2.05, 4.69) is 55.7 Å². The molecule has 28 heavy (non-hydrogen) atoms. The molecule has 2 nitrogen and oxygen atoms in total. The summed E-state index contributed by atoms with van der Waals surface area (Å²) < 4.78 is 2.19. The highest BCUT2D eigenvalue weighted by Gasteiger charge is 2.17. The van der Waals surface area contributed by atoms with Crippen molar-refractivity contribution in [3.8, 4) is 11.4 Å². The van der Waals surface area contributed by atoms with Gasteiger partial charge in [-0.3, -0.25) is 0 Å². The average molecular weight is 409 g/mol. The summed E-state index contributed by atoms with van der Waals surface area (Å²) in [5.41, 5.74) is 5.42. The van der Waals surface area contributed by atoms with Gasteiger partial charge in [0.2, 0.25) is 0 Å². The zero-order chi connectivity index (χ0) is 19.9. The van der Waals surface area contributed by atoms with E-state index in [9.17, 15) is 0 Å². The highest BCUT2D eigenvalue weighted by Crippen LogP contribution is 2.31. The molecule has 0 aliphatic carbocycles. The molecule has 0 aliphatic heterocycles. The monoisotopic (exact) mass is 408 g/mol. The number of imidazole rings is 1. The number of nitrogens with zero attached hydrogens (tertiary/aromatic N) is 2. The standard InChI is InChI=1S/C24H22Cl2N2/c1-24(2,3)17-13-11-16(12-14-17)23-27-21-9-4-5-10-22(21)28(23)15-18-19(25)7-6-8-20(18)26/h4-14H,15H2,1-3H3. The van der Waals surface area contributed by atoms with Gasteiger partial charge in [-0.1, -0.05) is 86.4 Å². The van der Waals surface area contributed by atoms with Crippen molar-refractivity contribution in [2.75, 3.05) is 0 Å². The van der Waals surface area contributed by atoms with Crippen molar-refractivity contribution in [2.45, 2.75) is 32.7 Å². The third kappa shape index (κ3) is 3.55. The Morgan fingerprint density at radius 2 is 1.46 bits per heavy atom. The van der Waals surface area contributed by atoms with Crippen LogP contribution in [0.15, 0.2) is 66.7 Å². The third-order valence-corrected chi connectivity index (χ3v) is 5.75. The van der Waals surface area contributed by atoms with Gasteiger partial charge < -0.3 is 4.57 Å². The second-order valence-corrected chi connectivity index (χ2v) is 8.85. The Labute approximate surface area is 175 Å². The molecular formula is C24H22Cl2N2. The van der Waals surface area contributed by atoms with Gasteiger partial charge in [-0.25, -0.2) is 4.98 Å². The van der Waals surface area contributed by atoms with Gasteiger partial charge in [0.15, 0.2) is 0 Å². The number of rotatable bonds is 3. The van der Waals surface area contributed by atoms with Crippen LogP contribution in [0.5, 0.6) is 0 Å².